The lowest BCUT2D eigenvalue weighted by Crippen LogP contribution is -2.47. The van der Waals surface area contributed by atoms with Crippen LogP contribution in [-0.4, -0.2) is 60.0 Å². The van der Waals surface area contributed by atoms with Gasteiger partial charge in [-0.05, 0) is 81.0 Å². The van der Waals surface area contributed by atoms with E-state index in [4.69, 9.17) is 5.73 Å². The Labute approximate surface area is 208 Å². The number of carbonyl (C=O) groups excluding carboxylic acids is 1. The Kier molecular flexibility index (Phi) is 8.04. The van der Waals surface area contributed by atoms with Crippen molar-refractivity contribution in [2.75, 3.05) is 33.7 Å². The van der Waals surface area contributed by atoms with E-state index in [1.54, 1.807) is 18.2 Å². The second-order valence-corrected chi connectivity index (χ2v) is 10.2. The van der Waals surface area contributed by atoms with Crippen molar-refractivity contribution in [2.45, 2.75) is 45.2 Å². The highest BCUT2D eigenvalue weighted by Crippen LogP contribution is 2.25. The van der Waals surface area contributed by atoms with Gasteiger partial charge in [-0.1, -0.05) is 43.7 Å². The van der Waals surface area contributed by atoms with E-state index < -0.39 is 5.91 Å². The van der Waals surface area contributed by atoms with Crippen molar-refractivity contribution < 1.29 is 4.79 Å². The molecule has 1 amide bonds. The topological polar surface area (TPSA) is 71.6 Å². The number of nitrogens with two attached hydrogens (primary N) is 1. The number of para-hydroxylation sites is 1. The number of hydrogen-bond acceptors (Lipinski definition) is 4. The number of likely N-dealkylation sites (tertiary alicyclic amines) is 1. The first kappa shape index (κ1) is 25.1. The van der Waals surface area contributed by atoms with E-state index >= 15 is 0 Å². The van der Waals surface area contributed by atoms with Gasteiger partial charge >= 0.3 is 0 Å². The third-order valence-corrected chi connectivity index (χ3v) is 7.17. The normalized spacial score (nSPS) is 17.7. The number of nitrogens with zero attached hydrogens (tertiary/aromatic N) is 3. The molecule has 6 heteroatoms. The van der Waals surface area contributed by atoms with Gasteiger partial charge in [0.2, 0.25) is 5.91 Å². The number of fused-ring (bicyclic) bond motifs is 1. The summed E-state index contributed by atoms with van der Waals surface area (Å²) in [5, 5.41) is 1.02. The zero-order chi connectivity index (χ0) is 24.9. The minimum absolute atomic E-state index is 0.0201. The van der Waals surface area contributed by atoms with Crippen LogP contribution in [0.25, 0.3) is 22.0 Å². The van der Waals surface area contributed by atoms with E-state index in [0.29, 0.717) is 29.6 Å². The summed E-state index contributed by atoms with van der Waals surface area (Å²) in [4.78, 5) is 30.6. The second kappa shape index (κ2) is 11.2. The minimum atomic E-state index is -0.492. The summed E-state index contributed by atoms with van der Waals surface area (Å²) in [6.45, 7) is 6.15. The molecule has 0 bridgehead atoms. The molecule has 1 aromatic heterocycles. The first-order valence-corrected chi connectivity index (χ1v) is 12.8. The molecule has 186 valence electrons. The van der Waals surface area contributed by atoms with E-state index in [0.717, 1.165) is 48.9 Å². The fourth-order valence-corrected chi connectivity index (χ4v) is 5.58. The van der Waals surface area contributed by atoms with Crippen molar-refractivity contribution >= 4 is 16.8 Å². The molecule has 1 aliphatic heterocycles. The molecule has 35 heavy (non-hydrogen) atoms. The zero-order valence-corrected chi connectivity index (χ0v) is 21.2. The Balaban J connectivity index is 1.74. The van der Waals surface area contributed by atoms with Crippen molar-refractivity contribution in [1.82, 2.24) is 14.4 Å². The van der Waals surface area contributed by atoms with Crippen LogP contribution in [-0.2, 0) is 6.54 Å². The summed E-state index contributed by atoms with van der Waals surface area (Å²) in [6, 6.07) is 17.4. The van der Waals surface area contributed by atoms with Gasteiger partial charge in [0.25, 0.3) is 5.56 Å². The number of aromatic nitrogens is 1. The molecule has 0 saturated carbocycles. The molecule has 0 radical (unpaired) electrons. The SMILES string of the molecule is CCCC(Cn1c(=O)c(-c2cccc(C(N)=O)c2)cc2ccccc21)N1CCCC(CN(C)C)C1. The van der Waals surface area contributed by atoms with E-state index in [-0.39, 0.29) is 5.56 Å². The molecular formula is C29H38N4O2. The zero-order valence-electron chi connectivity index (χ0n) is 21.2. The molecule has 2 atom stereocenters. The predicted molar refractivity (Wildman–Crippen MR) is 144 cm³/mol. The maximum Gasteiger partial charge on any atom is 0.258 e. The molecule has 0 spiro atoms. The Bertz CT molecular complexity index is 1230. The lowest BCUT2D eigenvalue weighted by Gasteiger charge is -2.39. The number of rotatable bonds is 9. The minimum Gasteiger partial charge on any atom is -0.366 e. The second-order valence-electron chi connectivity index (χ2n) is 10.2. The van der Waals surface area contributed by atoms with Gasteiger partial charge in [-0.2, -0.15) is 0 Å². The molecule has 0 aliphatic carbocycles. The van der Waals surface area contributed by atoms with E-state index in [2.05, 4.69) is 36.9 Å². The summed E-state index contributed by atoms with van der Waals surface area (Å²) in [5.74, 6) is 0.169. The lowest BCUT2D eigenvalue weighted by atomic mass is 9.95. The number of pyridine rings is 1. The fraction of sp³-hybridized carbons (Fsp3) is 0.448. The van der Waals surface area contributed by atoms with E-state index in [1.165, 1.54) is 12.8 Å². The van der Waals surface area contributed by atoms with Crippen LogP contribution in [0, 0.1) is 5.92 Å². The molecule has 2 unspecified atom stereocenters. The van der Waals surface area contributed by atoms with Crippen LogP contribution in [0.5, 0.6) is 0 Å². The monoisotopic (exact) mass is 474 g/mol. The lowest BCUT2D eigenvalue weighted by molar-refractivity contribution is 0.0941. The summed E-state index contributed by atoms with van der Waals surface area (Å²) in [5.41, 5.74) is 8.18. The summed E-state index contributed by atoms with van der Waals surface area (Å²) in [7, 11) is 4.29. The van der Waals surface area contributed by atoms with Crippen LogP contribution < -0.4 is 11.3 Å². The highest BCUT2D eigenvalue weighted by atomic mass is 16.1. The first-order chi connectivity index (χ1) is 16.9. The number of carbonyl (C=O) groups is 1. The van der Waals surface area contributed by atoms with Gasteiger partial charge in [-0.25, -0.2) is 0 Å². The van der Waals surface area contributed by atoms with Crippen LogP contribution in [0.1, 0.15) is 43.0 Å². The van der Waals surface area contributed by atoms with Crippen LogP contribution in [0.15, 0.2) is 59.4 Å². The molecule has 3 aromatic rings. The number of piperidine rings is 1. The van der Waals surface area contributed by atoms with Crippen LogP contribution in [0.2, 0.25) is 0 Å². The van der Waals surface area contributed by atoms with Crippen molar-refractivity contribution in [1.29, 1.82) is 0 Å². The smallest absolute Gasteiger partial charge is 0.258 e. The quantitative estimate of drug-likeness (QED) is 0.504. The summed E-state index contributed by atoms with van der Waals surface area (Å²) in [6.07, 6.45) is 4.60. The van der Waals surface area contributed by atoms with Crippen LogP contribution in [0.4, 0.5) is 0 Å². The predicted octanol–water partition coefficient (Wildman–Crippen LogP) is 4.21. The third kappa shape index (κ3) is 5.82. The van der Waals surface area contributed by atoms with Crippen molar-refractivity contribution in [3.63, 3.8) is 0 Å². The maximum atomic E-state index is 13.9. The Morgan fingerprint density at radius 1 is 1.14 bits per heavy atom. The van der Waals surface area contributed by atoms with Gasteiger partial charge in [0.05, 0.1) is 5.52 Å². The highest BCUT2D eigenvalue weighted by Gasteiger charge is 2.27. The molecule has 2 N–H and O–H groups in total. The molecule has 4 rings (SSSR count). The van der Waals surface area contributed by atoms with Gasteiger partial charge in [-0.3, -0.25) is 14.5 Å². The molecule has 1 saturated heterocycles. The first-order valence-electron chi connectivity index (χ1n) is 12.8. The Morgan fingerprint density at radius 3 is 2.69 bits per heavy atom. The number of primary amides is 1. The van der Waals surface area contributed by atoms with Crippen molar-refractivity contribution in [2.24, 2.45) is 11.7 Å². The summed E-state index contributed by atoms with van der Waals surface area (Å²) >= 11 is 0. The van der Waals surface area contributed by atoms with Crippen LogP contribution >= 0.6 is 0 Å². The maximum absolute atomic E-state index is 13.9. The number of hydrogen-bond donors (Lipinski definition) is 1. The molecule has 1 fully saturated rings. The standard InChI is InChI=1S/C29H38N4O2/c1-4-9-25(32-15-8-10-21(19-32)18-31(2)3)20-33-27-14-6-5-11-23(27)17-26(29(33)35)22-12-7-13-24(16-22)28(30)34/h5-7,11-14,16-17,21,25H,4,8-10,15,18-20H2,1-3H3,(H2,30,34). The van der Waals surface area contributed by atoms with E-state index in [9.17, 15) is 9.59 Å². The van der Waals surface area contributed by atoms with Gasteiger partial charge in [-0.15, -0.1) is 0 Å². The molecular weight excluding hydrogens is 436 g/mol. The Morgan fingerprint density at radius 2 is 1.94 bits per heavy atom. The molecule has 1 aliphatic rings. The molecule has 6 nitrogen and oxygen atoms in total. The van der Waals surface area contributed by atoms with E-state index in [1.807, 2.05) is 34.9 Å². The highest BCUT2D eigenvalue weighted by molar-refractivity contribution is 5.94. The summed E-state index contributed by atoms with van der Waals surface area (Å²) < 4.78 is 1.96. The van der Waals surface area contributed by atoms with Crippen LogP contribution in [0.3, 0.4) is 0 Å². The molecule has 2 aromatic carbocycles. The largest absolute Gasteiger partial charge is 0.366 e. The fourth-order valence-electron chi connectivity index (χ4n) is 5.58. The van der Waals surface area contributed by atoms with Gasteiger partial charge < -0.3 is 15.2 Å². The third-order valence-electron chi connectivity index (χ3n) is 7.17. The average molecular weight is 475 g/mol. The number of benzene rings is 2. The van der Waals surface area contributed by atoms with Crippen molar-refractivity contribution in [3.8, 4) is 11.1 Å². The van der Waals surface area contributed by atoms with Gasteiger partial charge in [0.1, 0.15) is 0 Å². The van der Waals surface area contributed by atoms with Crippen molar-refractivity contribution in [3.05, 3.63) is 70.5 Å². The molecule has 2 heterocycles. The van der Waals surface area contributed by atoms with Gasteiger partial charge in [0.15, 0.2) is 0 Å². The average Bonchev–Trinajstić information content (AvgIpc) is 2.84. The Hall–Kier alpha value is -2.96. The number of amides is 1. The van der Waals surface area contributed by atoms with Gasteiger partial charge in [0, 0.05) is 36.8 Å².